The van der Waals surface area contributed by atoms with Gasteiger partial charge < -0.3 is 10.2 Å². The molecule has 0 unspecified atom stereocenters. The van der Waals surface area contributed by atoms with Crippen LogP contribution in [0.1, 0.15) is 57.4 Å². The highest BCUT2D eigenvalue weighted by Crippen LogP contribution is 2.36. The average molecular weight is 401 g/mol. The number of carbonyl (C=O) groups is 3. The van der Waals surface area contributed by atoms with Crippen LogP contribution in [0.5, 0.6) is 0 Å². The fourth-order valence-corrected chi connectivity index (χ4v) is 5.30. The van der Waals surface area contributed by atoms with Crippen LogP contribution in [0.15, 0.2) is 24.3 Å². The molecule has 3 aliphatic rings. The maximum Gasteiger partial charge on any atom is 0.325 e. The summed E-state index contributed by atoms with van der Waals surface area (Å²) in [5, 5.41) is 2.76. The number of nitrogens with one attached hydrogen (secondary N) is 1. The van der Waals surface area contributed by atoms with Crippen molar-refractivity contribution in [3.05, 3.63) is 35.6 Å². The smallest absolute Gasteiger partial charge is 0.325 e. The fourth-order valence-electron chi connectivity index (χ4n) is 5.30. The van der Waals surface area contributed by atoms with Gasteiger partial charge in [-0.15, -0.1) is 0 Å². The van der Waals surface area contributed by atoms with Gasteiger partial charge in [0.1, 0.15) is 17.9 Å². The average Bonchev–Trinajstić information content (AvgIpc) is 2.99. The van der Waals surface area contributed by atoms with E-state index in [0.717, 1.165) is 37.0 Å². The zero-order chi connectivity index (χ0) is 20.6. The minimum atomic E-state index is -1.25. The molecule has 156 valence electrons. The third-order valence-electron chi connectivity index (χ3n) is 6.90. The van der Waals surface area contributed by atoms with Crippen molar-refractivity contribution in [2.75, 3.05) is 13.1 Å². The van der Waals surface area contributed by atoms with Gasteiger partial charge in [-0.05, 0) is 55.7 Å². The molecule has 29 heavy (non-hydrogen) atoms. The first-order chi connectivity index (χ1) is 14.0. The molecule has 7 heteroatoms. The Bertz CT molecular complexity index is 810. The molecule has 1 aromatic rings. The second-order valence-corrected chi connectivity index (χ2v) is 8.43. The number of imide groups is 1. The first-order valence-electron chi connectivity index (χ1n) is 10.7. The van der Waals surface area contributed by atoms with Crippen LogP contribution in [0.2, 0.25) is 0 Å². The van der Waals surface area contributed by atoms with Gasteiger partial charge in [-0.2, -0.15) is 0 Å². The summed E-state index contributed by atoms with van der Waals surface area (Å²) < 4.78 is 13.3. The van der Waals surface area contributed by atoms with E-state index in [1.165, 1.54) is 30.7 Å². The predicted octanol–water partition coefficient (Wildman–Crippen LogP) is 3.16. The van der Waals surface area contributed by atoms with E-state index in [1.807, 2.05) is 4.90 Å². The topological polar surface area (TPSA) is 69.7 Å². The normalized spacial score (nSPS) is 29.6. The van der Waals surface area contributed by atoms with Crippen molar-refractivity contribution in [2.24, 2.45) is 5.92 Å². The van der Waals surface area contributed by atoms with Gasteiger partial charge in [-0.1, -0.05) is 31.9 Å². The Kier molecular flexibility index (Phi) is 5.32. The molecule has 2 aliphatic heterocycles. The van der Waals surface area contributed by atoms with Gasteiger partial charge in [-0.3, -0.25) is 14.5 Å². The molecule has 1 saturated carbocycles. The summed E-state index contributed by atoms with van der Waals surface area (Å²) in [4.78, 5) is 41.9. The largest absolute Gasteiger partial charge is 0.338 e. The number of carbonyl (C=O) groups excluding carboxylic acids is 3. The molecular formula is C22H28FN3O3. The molecule has 6 nitrogen and oxygen atoms in total. The highest BCUT2D eigenvalue weighted by atomic mass is 19.1. The molecular weight excluding hydrogens is 373 g/mol. The molecule has 0 aromatic heterocycles. The van der Waals surface area contributed by atoms with Crippen molar-refractivity contribution in [1.29, 1.82) is 0 Å². The SMILES string of the molecule is CC[C@@]1(c2ccc(F)cc2)NC(=O)N(CC(=O)N2CCC[C@H]3CCCC[C@@H]32)C1=O. The van der Waals surface area contributed by atoms with Crippen molar-refractivity contribution >= 4 is 17.8 Å². The minimum Gasteiger partial charge on any atom is -0.338 e. The molecule has 4 amide bonds. The standard InChI is InChI=1S/C22H28FN3O3/c1-2-22(16-9-11-17(23)12-10-16)20(28)26(21(29)24-22)14-19(27)25-13-5-7-15-6-3-4-8-18(15)25/h9-12,15,18H,2-8,13-14H2,1H3,(H,24,29)/t15-,18+,22+/m1/s1. The number of rotatable bonds is 4. The number of nitrogens with zero attached hydrogens (tertiary/aromatic N) is 2. The number of likely N-dealkylation sites (tertiary alicyclic amines) is 1. The lowest BCUT2D eigenvalue weighted by Gasteiger charge is -2.44. The second kappa shape index (κ2) is 7.76. The number of benzene rings is 1. The van der Waals surface area contributed by atoms with E-state index in [1.54, 1.807) is 6.92 Å². The summed E-state index contributed by atoms with van der Waals surface area (Å²) in [6, 6.07) is 5.25. The monoisotopic (exact) mass is 401 g/mol. The highest BCUT2D eigenvalue weighted by molar-refractivity contribution is 6.09. The van der Waals surface area contributed by atoms with Crippen molar-refractivity contribution in [3.8, 4) is 0 Å². The van der Waals surface area contributed by atoms with Crippen LogP contribution in [-0.4, -0.2) is 46.8 Å². The van der Waals surface area contributed by atoms with Crippen LogP contribution < -0.4 is 5.32 Å². The Labute approximate surface area is 170 Å². The van der Waals surface area contributed by atoms with Crippen molar-refractivity contribution in [1.82, 2.24) is 15.1 Å². The third-order valence-corrected chi connectivity index (χ3v) is 6.90. The third kappa shape index (κ3) is 3.40. The molecule has 1 N–H and O–H groups in total. The van der Waals surface area contributed by atoms with Gasteiger partial charge in [0.05, 0.1) is 0 Å². The molecule has 2 saturated heterocycles. The Hall–Kier alpha value is -2.44. The van der Waals surface area contributed by atoms with Crippen molar-refractivity contribution in [3.63, 3.8) is 0 Å². The van der Waals surface area contributed by atoms with Gasteiger partial charge >= 0.3 is 6.03 Å². The maximum absolute atomic E-state index is 13.3. The molecule has 1 aliphatic carbocycles. The molecule has 2 heterocycles. The Morgan fingerprint density at radius 2 is 1.83 bits per heavy atom. The summed E-state index contributed by atoms with van der Waals surface area (Å²) in [7, 11) is 0. The predicted molar refractivity (Wildman–Crippen MR) is 105 cm³/mol. The zero-order valence-corrected chi connectivity index (χ0v) is 16.8. The van der Waals surface area contributed by atoms with Crippen LogP contribution >= 0.6 is 0 Å². The van der Waals surface area contributed by atoms with E-state index in [0.29, 0.717) is 24.4 Å². The van der Waals surface area contributed by atoms with Gasteiger partial charge in [0.15, 0.2) is 0 Å². The molecule has 3 fully saturated rings. The van der Waals surface area contributed by atoms with Gasteiger partial charge in [0.25, 0.3) is 5.91 Å². The van der Waals surface area contributed by atoms with E-state index >= 15 is 0 Å². The van der Waals surface area contributed by atoms with Gasteiger partial charge in [0, 0.05) is 12.6 Å². The van der Waals surface area contributed by atoms with E-state index in [2.05, 4.69) is 5.32 Å². The summed E-state index contributed by atoms with van der Waals surface area (Å²) in [5.74, 6) is -0.465. The number of urea groups is 1. The summed E-state index contributed by atoms with van der Waals surface area (Å²) in [5.41, 5.74) is -0.722. The first kappa shape index (κ1) is 19.9. The lowest BCUT2D eigenvalue weighted by molar-refractivity contribution is -0.143. The quantitative estimate of drug-likeness (QED) is 0.788. The molecule has 4 rings (SSSR count). The first-order valence-corrected chi connectivity index (χ1v) is 10.7. The number of hydrogen-bond acceptors (Lipinski definition) is 3. The number of hydrogen-bond donors (Lipinski definition) is 1. The summed E-state index contributed by atoms with van der Waals surface area (Å²) >= 11 is 0. The second-order valence-electron chi connectivity index (χ2n) is 8.43. The molecule has 0 radical (unpaired) electrons. The fraction of sp³-hybridized carbons (Fsp3) is 0.591. The molecule has 1 aromatic carbocycles. The van der Waals surface area contributed by atoms with E-state index < -0.39 is 23.3 Å². The van der Waals surface area contributed by atoms with Crippen molar-refractivity contribution in [2.45, 2.75) is 63.5 Å². The van der Waals surface area contributed by atoms with Crippen LogP contribution in [0.3, 0.4) is 0 Å². The van der Waals surface area contributed by atoms with Crippen LogP contribution in [0, 0.1) is 11.7 Å². The highest BCUT2D eigenvalue weighted by Gasteiger charge is 2.52. The van der Waals surface area contributed by atoms with Crippen molar-refractivity contribution < 1.29 is 18.8 Å². The zero-order valence-electron chi connectivity index (χ0n) is 16.8. The lowest BCUT2D eigenvalue weighted by Crippen LogP contribution is -2.53. The van der Waals surface area contributed by atoms with Crippen LogP contribution in [-0.2, 0) is 15.1 Å². The molecule has 0 bridgehead atoms. The number of halogens is 1. The number of piperidine rings is 1. The number of amides is 4. The molecule has 3 atom stereocenters. The van der Waals surface area contributed by atoms with E-state index in [-0.39, 0.29) is 18.5 Å². The van der Waals surface area contributed by atoms with E-state index in [4.69, 9.17) is 0 Å². The van der Waals surface area contributed by atoms with Crippen LogP contribution in [0.25, 0.3) is 0 Å². The van der Waals surface area contributed by atoms with Gasteiger partial charge in [-0.25, -0.2) is 9.18 Å². The Morgan fingerprint density at radius 1 is 1.14 bits per heavy atom. The molecule has 0 spiro atoms. The van der Waals surface area contributed by atoms with Crippen LogP contribution in [0.4, 0.5) is 9.18 Å². The van der Waals surface area contributed by atoms with E-state index in [9.17, 15) is 18.8 Å². The lowest BCUT2D eigenvalue weighted by atomic mass is 9.78. The van der Waals surface area contributed by atoms with Gasteiger partial charge in [0.2, 0.25) is 5.91 Å². The summed E-state index contributed by atoms with van der Waals surface area (Å²) in [6.07, 6.45) is 6.95. The Morgan fingerprint density at radius 3 is 2.55 bits per heavy atom. The number of fused-ring (bicyclic) bond motifs is 1. The maximum atomic E-state index is 13.3. The summed E-state index contributed by atoms with van der Waals surface area (Å²) in [6.45, 7) is 2.25. The Balaban J connectivity index is 1.53. The minimum absolute atomic E-state index is 0.156.